The lowest BCUT2D eigenvalue weighted by Crippen LogP contribution is -2.40. The summed E-state index contributed by atoms with van der Waals surface area (Å²) in [5.41, 5.74) is 6.63. The van der Waals surface area contributed by atoms with Gasteiger partial charge in [-0.1, -0.05) is 12.1 Å². The molecule has 3 N–H and O–H groups in total. The van der Waals surface area contributed by atoms with Gasteiger partial charge in [0.15, 0.2) is 0 Å². The van der Waals surface area contributed by atoms with Crippen molar-refractivity contribution in [3.05, 3.63) is 29.8 Å². The second-order valence-corrected chi connectivity index (χ2v) is 4.29. The highest BCUT2D eigenvalue weighted by molar-refractivity contribution is 5.82. The number of amides is 1. The first-order valence-corrected chi connectivity index (χ1v) is 6.30. The van der Waals surface area contributed by atoms with Crippen LogP contribution in [-0.4, -0.2) is 32.1 Å². The van der Waals surface area contributed by atoms with Crippen molar-refractivity contribution in [1.82, 2.24) is 5.32 Å². The van der Waals surface area contributed by atoms with Crippen molar-refractivity contribution in [2.75, 3.05) is 14.2 Å². The monoisotopic (exact) mass is 280 g/mol. The molecular weight excluding hydrogens is 260 g/mol. The Labute approximate surface area is 118 Å². The van der Waals surface area contributed by atoms with Crippen LogP contribution in [0.3, 0.4) is 0 Å². The molecule has 110 valence electrons. The summed E-state index contributed by atoms with van der Waals surface area (Å²) in [5, 5.41) is 2.72. The standard InChI is InChI=1S/C14H20N2O4/c1-19-11-5-3-10(4-6-11)9-16-14(18)12(15)7-8-13(17)20-2/h3-6,12H,7-9,15H2,1-2H3,(H,16,18)/t12-/m0/s1. The first kappa shape index (κ1) is 16.0. The lowest BCUT2D eigenvalue weighted by molar-refractivity contribution is -0.140. The van der Waals surface area contributed by atoms with Crippen LogP contribution in [0.2, 0.25) is 0 Å². The lowest BCUT2D eigenvalue weighted by Gasteiger charge is -2.11. The van der Waals surface area contributed by atoms with E-state index in [1.807, 2.05) is 24.3 Å². The second-order valence-electron chi connectivity index (χ2n) is 4.29. The molecule has 1 rings (SSSR count). The Morgan fingerprint density at radius 1 is 1.25 bits per heavy atom. The number of carbonyl (C=O) groups excluding carboxylic acids is 2. The van der Waals surface area contributed by atoms with Crippen molar-refractivity contribution in [3.63, 3.8) is 0 Å². The summed E-state index contributed by atoms with van der Waals surface area (Å²) in [6.07, 6.45) is 0.398. The van der Waals surface area contributed by atoms with Gasteiger partial charge in [-0.25, -0.2) is 0 Å². The molecule has 1 aromatic carbocycles. The molecule has 1 amide bonds. The molecule has 20 heavy (non-hydrogen) atoms. The smallest absolute Gasteiger partial charge is 0.305 e. The molecule has 1 aromatic rings. The van der Waals surface area contributed by atoms with Crippen LogP contribution >= 0.6 is 0 Å². The maximum absolute atomic E-state index is 11.7. The van der Waals surface area contributed by atoms with Crippen molar-refractivity contribution < 1.29 is 19.1 Å². The topological polar surface area (TPSA) is 90.7 Å². The molecule has 6 nitrogen and oxygen atoms in total. The van der Waals surface area contributed by atoms with Crippen LogP contribution in [-0.2, 0) is 20.9 Å². The first-order valence-electron chi connectivity index (χ1n) is 6.30. The summed E-state index contributed by atoms with van der Waals surface area (Å²) in [7, 11) is 2.90. The number of benzene rings is 1. The summed E-state index contributed by atoms with van der Waals surface area (Å²) in [5.74, 6) is 0.1000. The lowest BCUT2D eigenvalue weighted by atomic mass is 10.1. The van der Waals surface area contributed by atoms with E-state index in [2.05, 4.69) is 10.1 Å². The van der Waals surface area contributed by atoms with E-state index in [4.69, 9.17) is 10.5 Å². The maximum atomic E-state index is 11.7. The van der Waals surface area contributed by atoms with E-state index in [1.165, 1.54) is 7.11 Å². The highest BCUT2D eigenvalue weighted by Gasteiger charge is 2.14. The number of ether oxygens (including phenoxy) is 2. The Morgan fingerprint density at radius 3 is 2.45 bits per heavy atom. The molecule has 0 unspecified atom stereocenters. The fourth-order valence-corrected chi connectivity index (χ4v) is 1.57. The van der Waals surface area contributed by atoms with Crippen molar-refractivity contribution in [3.8, 4) is 5.75 Å². The Morgan fingerprint density at radius 2 is 1.90 bits per heavy atom. The van der Waals surface area contributed by atoms with Crippen LogP contribution in [0, 0.1) is 0 Å². The number of hydrogen-bond donors (Lipinski definition) is 2. The molecule has 0 radical (unpaired) electrons. The van der Waals surface area contributed by atoms with E-state index in [0.717, 1.165) is 11.3 Å². The summed E-state index contributed by atoms with van der Waals surface area (Å²) in [6.45, 7) is 0.384. The molecular formula is C14H20N2O4. The van der Waals surface area contributed by atoms with Crippen LogP contribution in [0.15, 0.2) is 24.3 Å². The van der Waals surface area contributed by atoms with Gasteiger partial charge < -0.3 is 20.5 Å². The normalized spacial score (nSPS) is 11.6. The van der Waals surface area contributed by atoms with Gasteiger partial charge in [0.2, 0.25) is 5.91 Å². The van der Waals surface area contributed by atoms with Crippen LogP contribution < -0.4 is 15.8 Å². The Bertz CT molecular complexity index is 445. The predicted molar refractivity (Wildman–Crippen MR) is 74.1 cm³/mol. The van der Waals surface area contributed by atoms with Crippen molar-refractivity contribution in [2.45, 2.75) is 25.4 Å². The Hall–Kier alpha value is -2.08. The minimum absolute atomic E-state index is 0.133. The van der Waals surface area contributed by atoms with Gasteiger partial charge in [0.1, 0.15) is 5.75 Å². The van der Waals surface area contributed by atoms with Gasteiger partial charge in [-0.05, 0) is 24.1 Å². The molecule has 0 spiro atoms. The zero-order valence-corrected chi connectivity index (χ0v) is 11.7. The van der Waals surface area contributed by atoms with Gasteiger partial charge in [-0.15, -0.1) is 0 Å². The largest absolute Gasteiger partial charge is 0.497 e. The number of esters is 1. The minimum atomic E-state index is -0.715. The van der Waals surface area contributed by atoms with E-state index in [9.17, 15) is 9.59 Å². The van der Waals surface area contributed by atoms with Gasteiger partial charge >= 0.3 is 5.97 Å². The highest BCUT2D eigenvalue weighted by Crippen LogP contribution is 2.11. The zero-order valence-electron chi connectivity index (χ0n) is 11.7. The Kier molecular flexibility index (Phi) is 6.52. The van der Waals surface area contributed by atoms with E-state index < -0.39 is 6.04 Å². The third kappa shape index (κ3) is 5.27. The number of methoxy groups -OCH3 is 2. The van der Waals surface area contributed by atoms with Crippen LogP contribution in [0.1, 0.15) is 18.4 Å². The van der Waals surface area contributed by atoms with E-state index in [-0.39, 0.29) is 24.7 Å². The first-order chi connectivity index (χ1) is 9.56. The Balaban J connectivity index is 2.35. The van der Waals surface area contributed by atoms with E-state index in [1.54, 1.807) is 7.11 Å². The van der Waals surface area contributed by atoms with Gasteiger partial charge in [-0.3, -0.25) is 9.59 Å². The third-order valence-electron chi connectivity index (χ3n) is 2.85. The average molecular weight is 280 g/mol. The fraction of sp³-hybridized carbons (Fsp3) is 0.429. The molecule has 0 bridgehead atoms. The molecule has 0 aliphatic carbocycles. The molecule has 0 fully saturated rings. The summed E-state index contributed by atoms with van der Waals surface area (Å²) >= 11 is 0. The van der Waals surface area contributed by atoms with E-state index >= 15 is 0 Å². The summed E-state index contributed by atoms with van der Waals surface area (Å²) in [6, 6.07) is 6.64. The van der Waals surface area contributed by atoms with E-state index in [0.29, 0.717) is 6.54 Å². The number of nitrogens with two attached hydrogens (primary N) is 1. The molecule has 0 aliphatic rings. The minimum Gasteiger partial charge on any atom is -0.497 e. The maximum Gasteiger partial charge on any atom is 0.305 e. The quantitative estimate of drug-likeness (QED) is 0.713. The molecule has 0 saturated carbocycles. The third-order valence-corrected chi connectivity index (χ3v) is 2.85. The average Bonchev–Trinajstić information content (AvgIpc) is 2.50. The summed E-state index contributed by atoms with van der Waals surface area (Å²) < 4.78 is 9.54. The van der Waals surface area contributed by atoms with Crippen LogP contribution in [0.25, 0.3) is 0 Å². The highest BCUT2D eigenvalue weighted by atomic mass is 16.5. The van der Waals surface area contributed by atoms with Gasteiger partial charge in [0.25, 0.3) is 0 Å². The molecule has 0 heterocycles. The number of carbonyl (C=O) groups is 2. The number of hydrogen-bond acceptors (Lipinski definition) is 5. The number of nitrogens with one attached hydrogen (secondary N) is 1. The fourth-order valence-electron chi connectivity index (χ4n) is 1.57. The molecule has 1 atom stereocenters. The van der Waals surface area contributed by atoms with Crippen LogP contribution in [0.4, 0.5) is 0 Å². The molecule has 0 aromatic heterocycles. The van der Waals surface area contributed by atoms with Gasteiger partial charge in [0.05, 0.1) is 20.3 Å². The van der Waals surface area contributed by atoms with Crippen LogP contribution in [0.5, 0.6) is 5.75 Å². The van der Waals surface area contributed by atoms with Crippen molar-refractivity contribution in [1.29, 1.82) is 0 Å². The van der Waals surface area contributed by atoms with Gasteiger partial charge in [-0.2, -0.15) is 0 Å². The number of rotatable bonds is 7. The van der Waals surface area contributed by atoms with Gasteiger partial charge in [0, 0.05) is 13.0 Å². The second kappa shape index (κ2) is 8.16. The summed E-state index contributed by atoms with van der Waals surface area (Å²) in [4.78, 5) is 22.7. The molecule has 0 saturated heterocycles. The van der Waals surface area contributed by atoms with Crippen molar-refractivity contribution >= 4 is 11.9 Å². The predicted octanol–water partition coefficient (Wildman–Crippen LogP) is 0.592. The SMILES string of the molecule is COC(=O)CC[C@H](N)C(=O)NCc1ccc(OC)cc1. The van der Waals surface area contributed by atoms with Crippen molar-refractivity contribution in [2.24, 2.45) is 5.73 Å². The molecule has 6 heteroatoms. The zero-order chi connectivity index (χ0) is 15.0. The molecule has 0 aliphatic heterocycles.